The number of nitrogens with zero attached hydrogens (tertiary/aromatic N) is 4. The summed E-state index contributed by atoms with van der Waals surface area (Å²) in [5.74, 6) is -0.479. The standard InChI is InChI=1S/C24H23F2N5O2S/c1-14(2)11-15(12-27)23(33)30-10-9-16(13-30)31-18-6-4-3-5-17(18)28-24(31)29-22(32)20-8-7-19(34-20)21(25)26/h3-8,11,14,16,21H,9-10,13H2,1-2H3,(H,28,29,32)/t16-/m1/s1. The van der Waals surface area contributed by atoms with E-state index in [1.54, 1.807) is 11.0 Å². The third-order valence-corrected chi connectivity index (χ3v) is 6.64. The van der Waals surface area contributed by atoms with Gasteiger partial charge >= 0.3 is 0 Å². The van der Waals surface area contributed by atoms with Crippen LogP contribution < -0.4 is 5.32 Å². The second-order valence-electron chi connectivity index (χ2n) is 8.38. The van der Waals surface area contributed by atoms with E-state index in [4.69, 9.17) is 0 Å². The minimum absolute atomic E-state index is 0.0687. The molecule has 0 unspecified atom stereocenters. The maximum Gasteiger partial charge on any atom is 0.272 e. The number of halogens is 2. The largest absolute Gasteiger partial charge is 0.336 e. The number of anilines is 1. The molecule has 1 N–H and O–H groups in total. The molecule has 0 saturated carbocycles. The monoisotopic (exact) mass is 483 g/mol. The van der Waals surface area contributed by atoms with Crippen LogP contribution in [0.1, 0.15) is 47.3 Å². The summed E-state index contributed by atoms with van der Waals surface area (Å²) in [6.07, 6.45) is -0.367. The molecule has 1 aliphatic heterocycles. The molecule has 3 heterocycles. The van der Waals surface area contributed by atoms with Gasteiger partial charge in [0.2, 0.25) is 5.95 Å². The van der Waals surface area contributed by atoms with Crippen LogP contribution in [-0.2, 0) is 4.79 Å². The number of carbonyl (C=O) groups is 2. The number of alkyl halides is 2. The number of aromatic nitrogens is 2. The lowest BCUT2D eigenvalue weighted by Gasteiger charge is -2.19. The van der Waals surface area contributed by atoms with E-state index in [-0.39, 0.29) is 39.1 Å². The van der Waals surface area contributed by atoms with E-state index in [2.05, 4.69) is 10.3 Å². The zero-order valence-electron chi connectivity index (χ0n) is 18.7. The Kier molecular flexibility index (Phi) is 6.75. The summed E-state index contributed by atoms with van der Waals surface area (Å²) in [5, 5.41) is 12.2. The molecule has 0 bridgehead atoms. The van der Waals surface area contributed by atoms with E-state index < -0.39 is 12.3 Å². The third kappa shape index (κ3) is 4.70. The smallest absolute Gasteiger partial charge is 0.272 e. The second kappa shape index (κ2) is 9.73. The first-order chi connectivity index (χ1) is 16.3. The summed E-state index contributed by atoms with van der Waals surface area (Å²) < 4.78 is 27.8. The van der Waals surface area contributed by atoms with Crippen LogP contribution in [-0.4, -0.2) is 39.4 Å². The van der Waals surface area contributed by atoms with Crippen molar-refractivity contribution < 1.29 is 18.4 Å². The molecule has 1 fully saturated rings. The van der Waals surface area contributed by atoms with E-state index in [9.17, 15) is 23.6 Å². The van der Waals surface area contributed by atoms with Crippen molar-refractivity contribution in [3.63, 3.8) is 0 Å². The Bertz CT molecular complexity index is 1300. The fourth-order valence-electron chi connectivity index (χ4n) is 4.05. The van der Waals surface area contributed by atoms with E-state index in [1.165, 1.54) is 12.1 Å². The van der Waals surface area contributed by atoms with Crippen LogP contribution in [0.2, 0.25) is 0 Å². The average Bonchev–Trinajstić information content (AvgIpc) is 3.54. The highest BCUT2D eigenvalue weighted by Crippen LogP contribution is 2.32. The van der Waals surface area contributed by atoms with Gasteiger partial charge in [-0.2, -0.15) is 5.26 Å². The number of benzene rings is 1. The number of nitriles is 1. The SMILES string of the molecule is CC(C)C=C(C#N)C(=O)N1CC[C@@H](n2c(NC(=O)c3ccc(C(F)F)s3)nc3ccccc32)C1. The molecule has 7 nitrogen and oxygen atoms in total. The number of amides is 2. The fourth-order valence-corrected chi connectivity index (χ4v) is 4.81. The van der Waals surface area contributed by atoms with Gasteiger partial charge in [-0.3, -0.25) is 14.9 Å². The number of rotatable bonds is 6. The van der Waals surface area contributed by atoms with Crippen molar-refractivity contribution in [2.75, 3.05) is 18.4 Å². The van der Waals surface area contributed by atoms with Crippen molar-refractivity contribution >= 4 is 40.1 Å². The number of imidazole rings is 1. The van der Waals surface area contributed by atoms with Crippen molar-refractivity contribution in [3.05, 3.63) is 57.8 Å². The van der Waals surface area contributed by atoms with Gasteiger partial charge in [-0.25, -0.2) is 13.8 Å². The molecule has 10 heteroatoms. The molecule has 1 saturated heterocycles. The van der Waals surface area contributed by atoms with Gasteiger partial charge in [-0.05, 0) is 36.6 Å². The number of carbonyl (C=O) groups excluding carboxylic acids is 2. The predicted octanol–water partition coefficient (Wildman–Crippen LogP) is 5.17. The highest BCUT2D eigenvalue weighted by molar-refractivity contribution is 7.14. The number of allylic oxidation sites excluding steroid dienone is 1. The molecule has 0 spiro atoms. The summed E-state index contributed by atoms with van der Waals surface area (Å²) in [6.45, 7) is 4.63. The van der Waals surface area contributed by atoms with Crippen molar-refractivity contribution in [1.29, 1.82) is 5.26 Å². The number of para-hydroxylation sites is 2. The Hall–Kier alpha value is -3.58. The first-order valence-corrected chi connectivity index (χ1v) is 11.7. The first-order valence-electron chi connectivity index (χ1n) is 10.9. The van der Waals surface area contributed by atoms with Crippen LogP contribution in [0.5, 0.6) is 0 Å². The second-order valence-corrected chi connectivity index (χ2v) is 9.50. The Labute approximate surface area is 199 Å². The van der Waals surface area contributed by atoms with Crippen LogP contribution >= 0.6 is 11.3 Å². The number of fused-ring (bicyclic) bond motifs is 1. The van der Waals surface area contributed by atoms with Gasteiger partial charge in [0.25, 0.3) is 18.2 Å². The average molecular weight is 484 g/mol. The van der Waals surface area contributed by atoms with Gasteiger partial charge in [0.05, 0.1) is 26.8 Å². The maximum atomic E-state index is 12.9. The topological polar surface area (TPSA) is 91.0 Å². The van der Waals surface area contributed by atoms with E-state index in [1.807, 2.05) is 48.7 Å². The molecule has 3 aromatic rings. The van der Waals surface area contributed by atoms with Crippen LogP contribution in [0.25, 0.3) is 11.0 Å². The number of hydrogen-bond acceptors (Lipinski definition) is 5. The number of nitrogens with one attached hydrogen (secondary N) is 1. The number of thiophene rings is 1. The molecule has 0 radical (unpaired) electrons. The Morgan fingerprint density at radius 3 is 2.71 bits per heavy atom. The van der Waals surface area contributed by atoms with Gasteiger partial charge in [0.1, 0.15) is 11.6 Å². The van der Waals surface area contributed by atoms with E-state index >= 15 is 0 Å². The molecule has 0 aliphatic carbocycles. The van der Waals surface area contributed by atoms with Crippen molar-refractivity contribution in [1.82, 2.24) is 14.5 Å². The lowest BCUT2D eigenvalue weighted by molar-refractivity contribution is -0.125. The van der Waals surface area contributed by atoms with Crippen LogP contribution in [0.15, 0.2) is 48.0 Å². The highest BCUT2D eigenvalue weighted by atomic mass is 32.1. The van der Waals surface area contributed by atoms with Gasteiger partial charge < -0.3 is 9.47 Å². The summed E-state index contributed by atoms with van der Waals surface area (Å²) >= 11 is 0.739. The predicted molar refractivity (Wildman–Crippen MR) is 126 cm³/mol. The molecule has 176 valence electrons. The van der Waals surface area contributed by atoms with E-state index in [0.29, 0.717) is 25.0 Å². The molecular weight excluding hydrogens is 460 g/mol. The zero-order chi connectivity index (χ0) is 24.4. The molecule has 4 rings (SSSR count). The normalized spacial score (nSPS) is 16.4. The minimum atomic E-state index is -2.64. The van der Waals surface area contributed by atoms with Crippen LogP contribution in [0.4, 0.5) is 14.7 Å². The summed E-state index contributed by atoms with van der Waals surface area (Å²) in [4.78, 5) is 31.8. The zero-order valence-corrected chi connectivity index (χ0v) is 19.5. The first kappa shape index (κ1) is 23.6. The Morgan fingerprint density at radius 2 is 2.03 bits per heavy atom. The molecule has 1 aromatic carbocycles. The van der Waals surface area contributed by atoms with E-state index in [0.717, 1.165) is 16.9 Å². The van der Waals surface area contributed by atoms with Gasteiger partial charge in [-0.1, -0.05) is 32.1 Å². The lowest BCUT2D eigenvalue weighted by Crippen LogP contribution is -2.30. The molecule has 1 atom stereocenters. The molecule has 2 aromatic heterocycles. The van der Waals surface area contributed by atoms with Crippen LogP contribution in [0, 0.1) is 17.2 Å². The molecule has 1 aliphatic rings. The quantitative estimate of drug-likeness (QED) is 0.387. The maximum absolute atomic E-state index is 12.9. The van der Waals surface area contributed by atoms with Crippen molar-refractivity contribution in [2.24, 2.45) is 5.92 Å². The van der Waals surface area contributed by atoms with Crippen molar-refractivity contribution in [2.45, 2.75) is 32.7 Å². The summed E-state index contributed by atoms with van der Waals surface area (Å²) in [7, 11) is 0. The number of hydrogen-bond donors (Lipinski definition) is 1. The molecule has 2 amide bonds. The Morgan fingerprint density at radius 1 is 1.26 bits per heavy atom. The van der Waals surface area contributed by atoms with Gasteiger partial charge in [0.15, 0.2) is 0 Å². The third-order valence-electron chi connectivity index (χ3n) is 5.55. The summed E-state index contributed by atoms with van der Waals surface area (Å²) in [6, 6.07) is 11.8. The lowest BCUT2D eigenvalue weighted by atomic mass is 10.1. The minimum Gasteiger partial charge on any atom is -0.336 e. The Balaban J connectivity index is 1.61. The van der Waals surface area contributed by atoms with Gasteiger partial charge in [0, 0.05) is 13.1 Å². The van der Waals surface area contributed by atoms with Crippen LogP contribution in [0.3, 0.4) is 0 Å². The van der Waals surface area contributed by atoms with Crippen molar-refractivity contribution in [3.8, 4) is 6.07 Å². The fraction of sp³-hybridized carbons (Fsp3) is 0.333. The molecule has 34 heavy (non-hydrogen) atoms. The number of likely N-dealkylation sites (tertiary alicyclic amines) is 1. The molecular formula is C24H23F2N5O2S. The van der Waals surface area contributed by atoms with Gasteiger partial charge in [-0.15, -0.1) is 11.3 Å². The summed E-state index contributed by atoms with van der Waals surface area (Å²) in [5.41, 5.74) is 1.57. The highest BCUT2D eigenvalue weighted by Gasteiger charge is 2.32.